The van der Waals surface area contributed by atoms with Crippen molar-refractivity contribution in [2.45, 2.75) is 45.4 Å². The number of benzene rings is 1. The highest BCUT2D eigenvalue weighted by molar-refractivity contribution is 5.96. The first kappa shape index (κ1) is 20.1. The number of aliphatic hydroxyl groups excluding tert-OH is 1. The molecule has 0 saturated carbocycles. The maximum Gasteiger partial charge on any atom is 0.371 e. The Kier molecular flexibility index (Phi) is 6.16. The summed E-state index contributed by atoms with van der Waals surface area (Å²) < 4.78 is 10.8. The Morgan fingerprint density at radius 1 is 1.25 bits per heavy atom. The molecule has 1 aromatic heterocycles. The molecular weight excluding hydrogens is 362 g/mol. The van der Waals surface area contributed by atoms with E-state index in [0.717, 1.165) is 11.3 Å². The van der Waals surface area contributed by atoms with Crippen LogP contribution in [-0.2, 0) is 16.1 Å². The molecule has 7 heteroatoms. The van der Waals surface area contributed by atoms with Crippen molar-refractivity contribution in [1.82, 2.24) is 0 Å². The van der Waals surface area contributed by atoms with Crippen molar-refractivity contribution in [1.29, 1.82) is 0 Å². The van der Waals surface area contributed by atoms with E-state index in [1.54, 1.807) is 11.0 Å². The van der Waals surface area contributed by atoms with Gasteiger partial charge in [-0.25, -0.2) is 4.79 Å². The van der Waals surface area contributed by atoms with E-state index in [0.29, 0.717) is 25.2 Å². The number of ether oxygens (including phenoxy) is 1. The fraction of sp³-hybridized carbons (Fsp3) is 0.429. The minimum atomic E-state index is -1.12. The van der Waals surface area contributed by atoms with Crippen molar-refractivity contribution in [3.8, 4) is 0 Å². The van der Waals surface area contributed by atoms with E-state index in [4.69, 9.17) is 14.3 Å². The van der Waals surface area contributed by atoms with Gasteiger partial charge in [0.25, 0.3) is 0 Å². The minimum Gasteiger partial charge on any atom is -0.475 e. The summed E-state index contributed by atoms with van der Waals surface area (Å²) in [5, 5.41) is 19.0. The summed E-state index contributed by atoms with van der Waals surface area (Å²) in [6.07, 6.45) is 0.605. The van der Waals surface area contributed by atoms with Crippen molar-refractivity contribution in [3.05, 3.63) is 53.5 Å². The van der Waals surface area contributed by atoms with Gasteiger partial charge in [-0.05, 0) is 42.2 Å². The van der Waals surface area contributed by atoms with Gasteiger partial charge in [-0.2, -0.15) is 0 Å². The van der Waals surface area contributed by atoms with E-state index in [1.165, 1.54) is 6.07 Å². The summed E-state index contributed by atoms with van der Waals surface area (Å²) in [6.45, 7) is 4.37. The molecule has 1 aliphatic rings. The van der Waals surface area contributed by atoms with Crippen molar-refractivity contribution >= 4 is 17.6 Å². The van der Waals surface area contributed by atoms with Crippen LogP contribution in [0.25, 0.3) is 0 Å². The number of hydrogen-bond acceptors (Lipinski definition) is 5. The molecule has 1 unspecified atom stereocenters. The number of carbonyl (C=O) groups excluding carboxylic acids is 1. The first-order valence-electron chi connectivity index (χ1n) is 9.36. The minimum absolute atomic E-state index is 0.0388. The fourth-order valence-corrected chi connectivity index (χ4v) is 3.34. The number of aromatic carboxylic acids is 1. The van der Waals surface area contributed by atoms with Crippen LogP contribution in [0, 0.1) is 5.92 Å². The summed E-state index contributed by atoms with van der Waals surface area (Å²) in [4.78, 5) is 24.9. The second kappa shape index (κ2) is 8.58. The van der Waals surface area contributed by atoms with Gasteiger partial charge < -0.3 is 24.3 Å². The standard InChI is InChI=1S/C21H25NO6/c1-13(2)20(24)14-3-5-15(6-4-14)22-16(7-10-19(22)23)11-27-12-17-8-9-18(28-17)21(25)26/h3-6,8-9,13,16,20,24H,7,10-12H2,1-2H3,(H,25,26)/t16-,20?/m1/s1. The number of aliphatic hydroxyl groups is 1. The maximum absolute atomic E-state index is 12.4. The average Bonchev–Trinajstić information content (AvgIpc) is 3.28. The highest BCUT2D eigenvalue weighted by Crippen LogP contribution is 2.29. The third-order valence-corrected chi connectivity index (χ3v) is 4.90. The summed E-state index contributed by atoms with van der Waals surface area (Å²) in [5.74, 6) is -0.661. The van der Waals surface area contributed by atoms with Crippen LogP contribution in [0.5, 0.6) is 0 Å². The predicted molar refractivity (Wildman–Crippen MR) is 102 cm³/mol. The van der Waals surface area contributed by atoms with Gasteiger partial charge in [0.2, 0.25) is 11.7 Å². The monoisotopic (exact) mass is 387 g/mol. The molecule has 2 heterocycles. The first-order valence-corrected chi connectivity index (χ1v) is 9.36. The lowest BCUT2D eigenvalue weighted by molar-refractivity contribution is -0.117. The van der Waals surface area contributed by atoms with Crippen LogP contribution >= 0.6 is 0 Å². The lowest BCUT2D eigenvalue weighted by Crippen LogP contribution is -2.36. The van der Waals surface area contributed by atoms with Crippen molar-refractivity contribution in [3.63, 3.8) is 0 Å². The van der Waals surface area contributed by atoms with E-state index in [9.17, 15) is 14.7 Å². The second-order valence-electron chi connectivity index (χ2n) is 7.32. The highest BCUT2D eigenvalue weighted by atomic mass is 16.5. The molecule has 0 spiro atoms. The molecule has 2 aromatic rings. The van der Waals surface area contributed by atoms with Crippen LogP contribution < -0.4 is 4.90 Å². The van der Waals surface area contributed by atoms with E-state index in [1.807, 2.05) is 38.1 Å². The summed E-state index contributed by atoms with van der Waals surface area (Å²) >= 11 is 0. The highest BCUT2D eigenvalue weighted by Gasteiger charge is 2.32. The number of carbonyl (C=O) groups is 2. The molecule has 0 aliphatic carbocycles. The molecule has 1 aromatic carbocycles. The predicted octanol–water partition coefficient (Wildman–Crippen LogP) is 3.38. The lowest BCUT2D eigenvalue weighted by Gasteiger charge is -2.25. The molecular formula is C21H25NO6. The number of carboxylic acids is 1. The van der Waals surface area contributed by atoms with E-state index >= 15 is 0 Å². The van der Waals surface area contributed by atoms with Crippen LogP contribution in [0.2, 0.25) is 0 Å². The molecule has 28 heavy (non-hydrogen) atoms. The summed E-state index contributed by atoms with van der Waals surface area (Å²) in [6, 6.07) is 10.3. The molecule has 1 aliphatic heterocycles. The number of nitrogens with zero attached hydrogens (tertiary/aromatic N) is 1. The first-order chi connectivity index (χ1) is 13.4. The Morgan fingerprint density at radius 3 is 2.57 bits per heavy atom. The zero-order valence-corrected chi connectivity index (χ0v) is 16.0. The Balaban J connectivity index is 1.61. The van der Waals surface area contributed by atoms with Crippen LogP contribution in [0.3, 0.4) is 0 Å². The number of anilines is 1. The smallest absolute Gasteiger partial charge is 0.371 e. The molecule has 1 fully saturated rings. The molecule has 7 nitrogen and oxygen atoms in total. The van der Waals surface area contributed by atoms with E-state index < -0.39 is 12.1 Å². The van der Waals surface area contributed by atoms with Gasteiger partial charge in [0.15, 0.2) is 0 Å². The summed E-state index contributed by atoms with van der Waals surface area (Å²) in [5.41, 5.74) is 1.60. The Morgan fingerprint density at radius 2 is 1.96 bits per heavy atom. The molecule has 1 saturated heterocycles. The van der Waals surface area contributed by atoms with Crippen molar-refractivity contribution in [2.75, 3.05) is 11.5 Å². The largest absolute Gasteiger partial charge is 0.475 e. The van der Waals surface area contributed by atoms with Gasteiger partial charge in [-0.1, -0.05) is 26.0 Å². The topological polar surface area (TPSA) is 100 Å². The molecule has 150 valence electrons. The van der Waals surface area contributed by atoms with Crippen LogP contribution in [-0.4, -0.2) is 34.7 Å². The van der Waals surface area contributed by atoms with E-state index in [-0.39, 0.29) is 30.2 Å². The molecule has 0 bridgehead atoms. The average molecular weight is 387 g/mol. The number of hydrogen-bond donors (Lipinski definition) is 2. The van der Waals surface area contributed by atoms with E-state index in [2.05, 4.69) is 0 Å². The van der Waals surface area contributed by atoms with Gasteiger partial charge in [-0.15, -0.1) is 0 Å². The SMILES string of the molecule is CC(C)C(O)c1ccc(N2C(=O)CC[C@@H]2COCc2ccc(C(=O)O)o2)cc1. The normalized spacial score (nSPS) is 18.1. The van der Waals surface area contributed by atoms with Gasteiger partial charge in [0.05, 0.1) is 18.8 Å². The van der Waals surface area contributed by atoms with Crippen molar-refractivity contribution in [2.24, 2.45) is 5.92 Å². The van der Waals surface area contributed by atoms with Gasteiger partial charge in [0.1, 0.15) is 12.4 Å². The van der Waals surface area contributed by atoms with Crippen LogP contribution in [0.15, 0.2) is 40.8 Å². The summed E-state index contributed by atoms with van der Waals surface area (Å²) in [7, 11) is 0. The van der Waals surface area contributed by atoms with Gasteiger partial charge in [-0.3, -0.25) is 4.79 Å². The van der Waals surface area contributed by atoms with Gasteiger partial charge >= 0.3 is 5.97 Å². The third kappa shape index (κ3) is 4.43. The quantitative estimate of drug-likeness (QED) is 0.720. The third-order valence-electron chi connectivity index (χ3n) is 4.90. The Bertz CT molecular complexity index is 826. The van der Waals surface area contributed by atoms with Crippen molar-refractivity contribution < 1.29 is 29.0 Å². The zero-order chi connectivity index (χ0) is 20.3. The fourth-order valence-electron chi connectivity index (χ4n) is 3.34. The number of carboxylic acid groups (broad SMARTS) is 1. The second-order valence-corrected chi connectivity index (χ2v) is 7.32. The molecule has 1 amide bonds. The molecule has 3 rings (SSSR count). The Labute approximate surface area is 163 Å². The molecule has 2 N–H and O–H groups in total. The number of furan rings is 1. The van der Waals surface area contributed by atoms with Crippen LogP contribution in [0.4, 0.5) is 5.69 Å². The lowest BCUT2D eigenvalue weighted by atomic mass is 9.99. The number of rotatable bonds is 8. The molecule has 0 radical (unpaired) electrons. The maximum atomic E-state index is 12.4. The zero-order valence-electron chi connectivity index (χ0n) is 16.0. The van der Waals surface area contributed by atoms with Gasteiger partial charge in [0, 0.05) is 12.1 Å². The van der Waals surface area contributed by atoms with Crippen LogP contribution in [0.1, 0.15) is 54.7 Å². The molecule has 2 atom stereocenters. The Hall–Kier alpha value is -2.64. The number of amides is 1.